The molecule has 0 aromatic carbocycles. The Kier molecular flexibility index (Phi) is 4.92. The molecule has 0 bridgehead atoms. The summed E-state index contributed by atoms with van der Waals surface area (Å²) < 4.78 is 1.67. The summed E-state index contributed by atoms with van der Waals surface area (Å²) in [5, 5.41) is 10.2. The van der Waals surface area contributed by atoms with Gasteiger partial charge in [-0.1, -0.05) is 6.08 Å². The number of amides is 1. The second-order valence-electron chi connectivity index (χ2n) is 5.04. The van der Waals surface area contributed by atoms with Crippen LogP contribution in [0.2, 0.25) is 0 Å². The molecule has 2 heterocycles. The number of aliphatic imine (C=N–C) groups is 1. The van der Waals surface area contributed by atoms with Gasteiger partial charge in [-0.25, -0.2) is 4.68 Å². The normalized spacial score (nSPS) is 15.3. The van der Waals surface area contributed by atoms with E-state index in [0.717, 1.165) is 25.8 Å². The number of aromatic nitrogens is 2. The van der Waals surface area contributed by atoms with Gasteiger partial charge in [0.25, 0.3) is 5.91 Å². The van der Waals surface area contributed by atoms with Crippen molar-refractivity contribution in [2.75, 3.05) is 11.9 Å². The zero-order valence-electron chi connectivity index (χ0n) is 12.0. The maximum Gasteiger partial charge on any atom is 0.256 e. The van der Waals surface area contributed by atoms with Crippen molar-refractivity contribution in [3.8, 4) is 0 Å². The Bertz CT molecular complexity index is 516. The van der Waals surface area contributed by atoms with Gasteiger partial charge in [0.1, 0.15) is 11.4 Å². The maximum absolute atomic E-state index is 12.1. The first-order chi connectivity index (χ1) is 9.68. The molecule has 0 aliphatic carbocycles. The van der Waals surface area contributed by atoms with Crippen molar-refractivity contribution >= 4 is 24.3 Å². The van der Waals surface area contributed by atoms with Gasteiger partial charge in [-0.15, -0.1) is 0 Å². The van der Waals surface area contributed by atoms with E-state index in [-0.39, 0.29) is 11.9 Å². The third-order valence-corrected chi connectivity index (χ3v) is 2.91. The summed E-state index contributed by atoms with van der Waals surface area (Å²) in [5.41, 5.74) is 0.522. The summed E-state index contributed by atoms with van der Waals surface area (Å²) in [4.78, 5) is 16.4. The molecule has 6 heteroatoms. The van der Waals surface area contributed by atoms with Crippen LogP contribution in [-0.4, -0.2) is 34.6 Å². The van der Waals surface area contributed by atoms with Crippen LogP contribution < -0.4 is 10.6 Å². The molecule has 0 saturated carbocycles. The maximum atomic E-state index is 12.1. The zero-order valence-corrected chi connectivity index (χ0v) is 12.0. The van der Waals surface area contributed by atoms with Crippen molar-refractivity contribution in [2.45, 2.75) is 39.2 Å². The molecular formula is C14H21N5O. The molecule has 0 atom stereocenters. The van der Waals surface area contributed by atoms with Crippen molar-refractivity contribution in [3.05, 3.63) is 17.8 Å². The van der Waals surface area contributed by atoms with Gasteiger partial charge in [-0.2, -0.15) is 5.10 Å². The van der Waals surface area contributed by atoms with E-state index < -0.39 is 0 Å². The highest BCUT2D eigenvalue weighted by Crippen LogP contribution is 2.16. The second kappa shape index (κ2) is 6.88. The number of nitrogens with one attached hydrogen (secondary N) is 2. The quantitative estimate of drug-likeness (QED) is 0.868. The SMILES string of the molecule is CC(C)NC(=O)c1cnn2c1NC=NCCCCC=C2. The number of allylic oxidation sites excluding steroid dienone is 1. The highest BCUT2D eigenvalue weighted by molar-refractivity contribution is 6.01. The highest BCUT2D eigenvalue weighted by atomic mass is 16.1. The topological polar surface area (TPSA) is 71.3 Å². The number of fused-ring (bicyclic) bond motifs is 1. The molecule has 0 saturated heterocycles. The van der Waals surface area contributed by atoms with Crippen LogP contribution in [0.25, 0.3) is 6.20 Å². The first-order valence-electron chi connectivity index (χ1n) is 6.98. The number of rotatable bonds is 2. The fourth-order valence-electron chi connectivity index (χ4n) is 1.94. The third kappa shape index (κ3) is 3.69. The van der Waals surface area contributed by atoms with E-state index in [1.54, 1.807) is 17.2 Å². The van der Waals surface area contributed by atoms with Gasteiger partial charge in [-0.3, -0.25) is 9.79 Å². The lowest BCUT2D eigenvalue weighted by atomic mass is 10.2. The molecule has 0 spiro atoms. The zero-order chi connectivity index (χ0) is 14.4. The van der Waals surface area contributed by atoms with Crippen LogP contribution in [0.4, 0.5) is 5.82 Å². The third-order valence-electron chi connectivity index (χ3n) is 2.91. The van der Waals surface area contributed by atoms with Crippen LogP contribution in [0.1, 0.15) is 43.5 Å². The fourth-order valence-corrected chi connectivity index (χ4v) is 1.94. The minimum absolute atomic E-state index is 0.0880. The summed E-state index contributed by atoms with van der Waals surface area (Å²) in [6.45, 7) is 4.65. The van der Waals surface area contributed by atoms with Crippen LogP contribution in [0.15, 0.2) is 17.3 Å². The summed E-state index contributed by atoms with van der Waals surface area (Å²) in [7, 11) is 0. The Hall–Kier alpha value is -2.11. The number of carbonyl (C=O) groups is 1. The van der Waals surface area contributed by atoms with E-state index in [9.17, 15) is 4.79 Å². The molecule has 1 aromatic heterocycles. The molecule has 6 nitrogen and oxygen atoms in total. The summed E-state index contributed by atoms with van der Waals surface area (Å²) in [6.07, 6.45) is 10.3. The molecule has 108 valence electrons. The van der Waals surface area contributed by atoms with Crippen molar-refractivity contribution in [2.24, 2.45) is 4.99 Å². The lowest BCUT2D eigenvalue weighted by Crippen LogP contribution is -2.30. The lowest BCUT2D eigenvalue weighted by molar-refractivity contribution is 0.0944. The van der Waals surface area contributed by atoms with E-state index in [1.165, 1.54) is 0 Å². The van der Waals surface area contributed by atoms with Crippen molar-refractivity contribution in [1.29, 1.82) is 0 Å². The predicted molar refractivity (Wildman–Crippen MR) is 81.0 cm³/mol. The molecule has 0 unspecified atom stereocenters. The van der Waals surface area contributed by atoms with E-state index >= 15 is 0 Å². The smallest absolute Gasteiger partial charge is 0.256 e. The van der Waals surface area contributed by atoms with Crippen molar-refractivity contribution < 1.29 is 4.79 Å². The van der Waals surface area contributed by atoms with Crippen molar-refractivity contribution in [3.63, 3.8) is 0 Å². The molecule has 1 aliphatic heterocycles. The van der Waals surface area contributed by atoms with Crippen LogP contribution in [0.5, 0.6) is 0 Å². The summed E-state index contributed by atoms with van der Waals surface area (Å²) >= 11 is 0. The molecule has 20 heavy (non-hydrogen) atoms. The number of nitrogens with zero attached hydrogens (tertiary/aromatic N) is 3. The predicted octanol–water partition coefficient (Wildman–Crippen LogP) is 2.12. The number of hydrogen-bond donors (Lipinski definition) is 2. The summed E-state index contributed by atoms with van der Waals surface area (Å²) in [5.74, 6) is 0.510. The molecule has 0 radical (unpaired) electrons. The monoisotopic (exact) mass is 275 g/mol. The Morgan fingerprint density at radius 1 is 1.45 bits per heavy atom. The van der Waals surface area contributed by atoms with Gasteiger partial charge < -0.3 is 10.6 Å². The van der Waals surface area contributed by atoms with Crippen LogP contribution in [0, 0.1) is 0 Å². The molecule has 1 aromatic rings. The average Bonchev–Trinajstić information content (AvgIpc) is 2.76. The van der Waals surface area contributed by atoms with E-state index in [4.69, 9.17) is 0 Å². The molecule has 0 fully saturated rings. The van der Waals surface area contributed by atoms with Gasteiger partial charge in [0.2, 0.25) is 0 Å². The Labute approximate surface area is 119 Å². The van der Waals surface area contributed by atoms with E-state index in [2.05, 4.69) is 26.8 Å². The van der Waals surface area contributed by atoms with Crippen LogP contribution >= 0.6 is 0 Å². The average molecular weight is 275 g/mol. The van der Waals surface area contributed by atoms with Crippen LogP contribution in [0.3, 0.4) is 0 Å². The first-order valence-corrected chi connectivity index (χ1v) is 6.98. The molecule has 2 N–H and O–H groups in total. The molecular weight excluding hydrogens is 254 g/mol. The molecule has 2 rings (SSSR count). The summed E-state index contributed by atoms with van der Waals surface area (Å²) in [6, 6.07) is 0.0880. The van der Waals surface area contributed by atoms with Crippen LogP contribution in [-0.2, 0) is 0 Å². The minimum Gasteiger partial charge on any atom is -0.350 e. The second-order valence-corrected chi connectivity index (χ2v) is 5.04. The first kappa shape index (κ1) is 14.3. The van der Waals surface area contributed by atoms with Gasteiger partial charge >= 0.3 is 0 Å². The largest absolute Gasteiger partial charge is 0.350 e. The number of hydrogen-bond acceptors (Lipinski definition) is 4. The Morgan fingerprint density at radius 2 is 2.30 bits per heavy atom. The van der Waals surface area contributed by atoms with Gasteiger partial charge in [0, 0.05) is 18.8 Å². The standard InChI is InChI=1S/C14H21N5O/c1-11(2)18-14(20)12-9-17-19-8-6-4-3-5-7-15-10-16-13(12)19/h6,8-11H,3-5,7H2,1-2H3,(H,15,16)(H,18,20). The van der Waals surface area contributed by atoms with Crippen molar-refractivity contribution in [1.82, 2.24) is 15.1 Å². The van der Waals surface area contributed by atoms with Gasteiger partial charge in [0.15, 0.2) is 0 Å². The lowest BCUT2D eigenvalue weighted by Gasteiger charge is -2.09. The van der Waals surface area contributed by atoms with E-state index in [1.807, 2.05) is 20.0 Å². The van der Waals surface area contributed by atoms with Gasteiger partial charge in [0.05, 0.1) is 12.5 Å². The highest BCUT2D eigenvalue weighted by Gasteiger charge is 2.16. The van der Waals surface area contributed by atoms with E-state index in [0.29, 0.717) is 11.4 Å². The number of anilines is 1. The van der Waals surface area contributed by atoms with Gasteiger partial charge in [-0.05, 0) is 33.1 Å². The fraction of sp³-hybridized carbons (Fsp3) is 0.500. The molecule has 1 aliphatic rings. The minimum atomic E-state index is -0.134. The Balaban J connectivity index is 2.27. The number of carbonyl (C=O) groups excluding carboxylic acids is 1. The Morgan fingerprint density at radius 3 is 3.10 bits per heavy atom. The molecule has 1 amide bonds.